The van der Waals surface area contributed by atoms with Crippen LogP contribution in [0.1, 0.15) is 32.7 Å². The minimum absolute atomic E-state index is 0.209. The smallest absolute Gasteiger partial charge is 0.252 e. The largest absolute Gasteiger partial charge is 0.352 e. The zero-order valence-electron chi connectivity index (χ0n) is 14.4. The molecule has 2 aromatic carbocycles. The third-order valence-corrected chi connectivity index (χ3v) is 4.64. The Bertz CT molecular complexity index is 954. The lowest BCUT2D eigenvalue weighted by molar-refractivity contribution is 0.0941. The Hall–Kier alpha value is -2.44. The van der Waals surface area contributed by atoms with Crippen molar-refractivity contribution >= 4 is 39.2 Å². The lowest BCUT2D eigenvalue weighted by Gasteiger charge is -2.10. The van der Waals surface area contributed by atoms with E-state index in [1.807, 2.05) is 6.20 Å². The molecule has 0 fully saturated rings. The summed E-state index contributed by atoms with van der Waals surface area (Å²) >= 11 is 9.22. The molecule has 0 aliphatic rings. The Morgan fingerprint density at radius 2 is 1.78 bits per heavy atom. The van der Waals surface area contributed by atoms with Crippen LogP contribution in [-0.4, -0.2) is 28.0 Å². The highest BCUT2D eigenvalue weighted by Gasteiger charge is 2.17. The first-order valence-electron chi connectivity index (χ1n) is 8.40. The molecule has 0 saturated carbocycles. The summed E-state index contributed by atoms with van der Waals surface area (Å²) in [5.41, 5.74) is 1.22. The highest BCUT2D eigenvalue weighted by atomic mass is 79.9. The number of halogens is 2. The molecule has 3 aromatic rings. The molecule has 5 nitrogen and oxygen atoms in total. The Morgan fingerprint density at radius 1 is 1.07 bits per heavy atom. The zero-order chi connectivity index (χ0) is 19.2. The van der Waals surface area contributed by atoms with Crippen molar-refractivity contribution in [2.24, 2.45) is 0 Å². The van der Waals surface area contributed by atoms with E-state index in [0.29, 0.717) is 34.8 Å². The first kappa shape index (κ1) is 19.3. The number of benzene rings is 2. The number of carbonyl (C=O) groups is 2. The first-order chi connectivity index (χ1) is 13.0. The van der Waals surface area contributed by atoms with Gasteiger partial charge in [0.1, 0.15) is 0 Å². The third kappa shape index (κ3) is 5.05. The van der Waals surface area contributed by atoms with Gasteiger partial charge < -0.3 is 5.32 Å². The summed E-state index contributed by atoms with van der Waals surface area (Å²) in [4.78, 5) is 25.3. The van der Waals surface area contributed by atoms with E-state index in [-0.39, 0.29) is 11.7 Å². The third-order valence-electron chi connectivity index (χ3n) is 3.97. The van der Waals surface area contributed by atoms with Crippen molar-refractivity contribution in [3.8, 4) is 0 Å². The average molecular weight is 447 g/mol. The SMILES string of the molecule is O=C(NCCCn1cc(Br)cn1)c1ccccc1C(=O)c1ccc(Cl)cc1. The van der Waals surface area contributed by atoms with Gasteiger partial charge in [0.05, 0.1) is 16.2 Å². The van der Waals surface area contributed by atoms with Crippen LogP contribution in [0.4, 0.5) is 0 Å². The van der Waals surface area contributed by atoms with Gasteiger partial charge in [-0.15, -0.1) is 0 Å². The minimum Gasteiger partial charge on any atom is -0.352 e. The molecule has 0 spiro atoms. The van der Waals surface area contributed by atoms with Crippen LogP contribution in [0.2, 0.25) is 5.02 Å². The number of hydrogen-bond donors (Lipinski definition) is 1. The summed E-state index contributed by atoms with van der Waals surface area (Å²) < 4.78 is 2.72. The molecule has 0 aliphatic carbocycles. The lowest BCUT2D eigenvalue weighted by Crippen LogP contribution is -2.27. The lowest BCUT2D eigenvalue weighted by atomic mass is 9.98. The van der Waals surface area contributed by atoms with Gasteiger partial charge in [-0.05, 0) is 52.7 Å². The highest BCUT2D eigenvalue weighted by Crippen LogP contribution is 2.17. The number of amides is 1. The summed E-state index contributed by atoms with van der Waals surface area (Å²) in [6.45, 7) is 1.18. The number of hydrogen-bond acceptors (Lipinski definition) is 3. The molecule has 138 valence electrons. The van der Waals surface area contributed by atoms with Crippen molar-refractivity contribution in [2.75, 3.05) is 6.54 Å². The second-order valence-electron chi connectivity index (χ2n) is 5.91. The fourth-order valence-corrected chi connectivity index (χ4v) is 3.09. The van der Waals surface area contributed by atoms with Gasteiger partial charge in [-0.1, -0.05) is 29.8 Å². The molecular weight excluding hydrogens is 430 g/mol. The fraction of sp³-hybridized carbons (Fsp3) is 0.150. The van der Waals surface area contributed by atoms with E-state index in [9.17, 15) is 9.59 Å². The summed E-state index contributed by atoms with van der Waals surface area (Å²) in [6, 6.07) is 13.4. The van der Waals surface area contributed by atoms with Crippen molar-refractivity contribution in [1.82, 2.24) is 15.1 Å². The molecule has 0 atom stereocenters. The molecule has 0 unspecified atom stereocenters. The Labute approximate surface area is 170 Å². The van der Waals surface area contributed by atoms with Crippen LogP contribution in [0.15, 0.2) is 65.4 Å². The Balaban J connectivity index is 1.64. The van der Waals surface area contributed by atoms with Crippen LogP contribution in [0.25, 0.3) is 0 Å². The number of aromatic nitrogens is 2. The maximum atomic E-state index is 12.8. The molecule has 1 amide bonds. The van der Waals surface area contributed by atoms with Crippen molar-refractivity contribution in [3.05, 3.63) is 87.1 Å². The number of rotatable bonds is 7. The van der Waals surface area contributed by atoms with E-state index in [0.717, 1.165) is 10.9 Å². The number of aryl methyl sites for hydroxylation is 1. The maximum absolute atomic E-state index is 12.8. The van der Waals surface area contributed by atoms with Crippen molar-refractivity contribution in [1.29, 1.82) is 0 Å². The number of carbonyl (C=O) groups excluding carboxylic acids is 2. The molecule has 0 bridgehead atoms. The topological polar surface area (TPSA) is 64.0 Å². The summed E-state index contributed by atoms with van der Waals surface area (Å²) in [5.74, 6) is -0.478. The van der Waals surface area contributed by atoms with Crippen LogP contribution in [-0.2, 0) is 6.54 Å². The Kier molecular flexibility index (Phi) is 6.42. The van der Waals surface area contributed by atoms with Gasteiger partial charge in [-0.3, -0.25) is 14.3 Å². The van der Waals surface area contributed by atoms with E-state index in [2.05, 4.69) is 26.3 Å². The minimum atomic E-state index is -0.269. The summed E-state index contributed by atoms with van der Waals surface area (Å²) in [7, 11) is 0. The van der Waals surface area contributed by atoms with Gasteiger partial charge in [-0.2, -0.15) is 5.10 Å². The van der Waals surface area contributed by atoms with Crippen molar-refractivity contribution in [3.63, 3.8) is 0 Å². The van der Waals surface area contributed by atoms with Gasteiger partial charge in [-0.25, -0.2) is 0 Å². The predicted octanol–water partition coefficient (Wildman–Crippen LogP) is 4.35. The molecule has 3 rings (SSSR count). The molecule has 1 aromatic heterocycles. The summed E-state index contributed by atoms with van der Waals surface area (Å²) in [5, 5.41) is 7.59. The second kappa shape index (κ2) is 8.97. The van der Waals surface area contributed by atoms with E-state index < -0.39 is 0 Å². The Morgan fingerprint density at radius 3 is 2.44 bits per heavy atom. The van der Waals surface area contributed by atoms with E-state index >= 15 is 0 Å². The molecule has 0 radical (unpaired) electrons. The molecule has 1 N–H and O–H groups in total. The average Bonchev–Trinajstić information content (AvgIpc) is 3.10. The van der Waals surface area contributed by atoms with E-state index in [4.69, 9.17) is 11.6 Å². The van der Waals surface area contributed by atoms with Gasteiger partial charge in [0, 0.05) is 35.4 Å². The molecule has 1 heterocycles. The van der Waals surface area contributed by atoms with Crippen LogP contribution in [0.5, 0.6) is 0 Å². The molecule has 0 saturated heterocycles. The van der Waals surface area contributed by atoms with Gasteiger partial charge in [0.15, 0.2) is 5.78 Å². The maximum Gasteiger partial charge on any atom is 0.252 e. The van der Waals surface area contributed by atoms with E-state index in [1.165, 1.54) is 0 Å². The predicted molar refractivity (Wildman–Crippen MR) is 108 cm³/mol. The fourth-order valence-electron chi connectivity index (χ4n) is 2.63. The number of nitrogens with one attached hydrogen (secondary N) is 1. The van der Waals surface area contributed by atoms with Crippen LogP contribution in [0, 0.1) is 0 Å². The van der Waals surface area contributed by atoms with Crippen LogP contribution >= 0.6 is 27.5 Å². The first-order valence-corrected chi connectivity index (χ1v) is 9.57. The van der Waals surface area contributed by atoms with Gasteiger partial charge in [0.25, 0.3) is 5.91 Å². The monoisotopic (exact) mass is 445 g/mol. The van der Waals surface area contributed by atoms with Crippen molar-refractivity contribution in [2.45, 2.75) is 13.0 Å². The normalized spacial score (nSPS) is 10.6. The molecule has 0 aliphatic heterocycles. The van der Waals surface area contributed by atoms with Crippen LogP contribution in [0.3, 0.4) is 0 Å². The van der Waals surface area contributed by atoms with Crippen LogP contribution < -0.4 is 5.32 Å². The van der Waals surface area contributed by atoms with Gasteiger partial charge >= 0.3 is 0 Å². The molecule has 7 heteroatoms. The highest BCUT2D eigenvalue weighted by molar-refractivity contribution is 9.10. The molecular formula is C20H17BrClN3O2. The van der Waals surface area contributed by atoms with Gasteiger partial charge in [0.2, 0.25) is 0 Å². The standard InChI is InChI=1S/C20H17BrClN3O2/c21-15-12-24-25(13-15)11-3-10-23-20(27)18-5-2-1-4-17(18)19(26)14-6-8-16(22)9-7-14/h1-2,4-9,12-13H,3,10-11H2,(H,23,27). The quantitative estimate of drug-likeness (QED) is 0.433. The van der Waals surface area contributed by atoms with Crippen molar-refractivity contribution < 1.29 is 9.59 Å². The van der Waals surface area contributed by atoms with E-state index in [1.54, 1.807) is 59.4 Å². The number of nitrogens with zero attached hydrogens (tertiary/aromatic N) is 2. The zero-order valence-corrected chi connectivity index (χ0v) is 16.7. The number of ketones is 1. The summed E-state index contributed by atoms with van der Waals surface area (Å²) in [6.07, 6.45) is 4.33. The molecule has 27 heavy (non-hydrogen) atoms. The second-order valence-corrected chi connectivity index (χ2v) is 7.26.